The second kappa shape index (κ2) is 5.89. The third-order valence-corrected chi connectivity index (χ3v) is 6.59. The predicted octanol–water partition coefficient (Wildman–Crippen LogP) is 2.17. The van der Waals surface area contributed by atoms with Crippen molar-refractivity contribution < 1.29 is 14.4 Å². The molecule has 0 bridgehead atoms. The van der Waals surface area contributed by atoms with E-state index in [-0.39, 0.29) is 35.7 Å². The van der Waals surface area contributed by atoms with Crippen molar-refractivity contribution in [1.82, 2.24) is 10.2 Å². The zero-order valence-electron chi connectivity index (χ0n) is 16.5. The largest absolute Gasteiger partial charge is 0.324 e. The Balaban J connectivity index is 1.92. The Morgan fingerprint density at radius 1 is 1.15 bits per heavy atom. The van der Waals surface area contributed by atoms with Crippen LogP contribution in [-0.4, -0.2) is 34.7 Å². The summed E-state index contributed by atoms with van der Waals surface area (Å²) in [5.74, 6) is -1.69. The van der Waals surface area contributed by atoms with Crippen LogP contribution < -0.4 is 10.6 Å². The summed E-state index contributed by atoms with van der Waals surface area (Å²) in [6, 6.07) is 5.39. The van der Waals surface area contributed by atoms with E-state index in [4.69, 9.17) is 0 Å². The summed E-state index contributed by atoms with van der Waals surface area (Å²) < 4.78 is 0. The molecule has 0 aliphatic carbocycles. The Hall–Kier alpha value is -2.21. The number of carbonyl (C=O) groups excluding carboxylic acids is 3. The highest BCUT2D eigenvalue weighted by molar-refractivity contribution is 6.15. The van der Waals surface area contributed by atoms with Crippen molar-refractivity contribution >= 4 is 23.4 Å². The summed E-state index contributed by atoms with van der Waals surface area (Å²) in [5, 5.41) is 6.40. The molecule has 27 heavy (non-hydrogen) atoms. The van der Waals surface area contributed by atoms with Crippen LogP contribution in [0.5, 0.6) is 0 Å². The van der Waals surface area contributed by atoms with E-state index in [0.29, 0.717) is 6.42 Å². The minimum Gasteiger partial charge on any atom is -0.324 e. The zero-order chi connectivity index (χ0) is 19.7. The molecule has 6 nitrogen and oxygen atoms in total. The lowest BCUT2D eigenvalue weighted by Crippen LogP contribution is -2.54. The van der Waals surface area contributed by atoms with Crippen molar-refractivity contribution in [1.29, 1.82) is 0 Å². The first-order chi connectivity index (χ1) is 12.7. The summed E-state index contributed by atoms with van der Waals surface area (Å²) in [7, 11) is 0. The summed E-state index contributed by atoms with van der Waals surface area (Å²) >= 11 is 0. The van der Waals surface area contributed by atoms with E-state index < -0.39 is 17.4 Å². The molecule has 4 rings (SSSR count). The number of nitrogens with one attached hydrogen (secondary N) is 2. The topological polar surface area (TPSA) is 78.5 Å². The minimum absolute atomic E-state index is 0.118. The van der Waals surface area contributed by atoms with Crippen LogP contribution in [0.3, 0.4) is 0 Å². The average molecular weight is 369 g/mol. The molecule has 3 aliphatic heterocycles. The van der Waals surface area contributed by atoms with Crippen molar-refractivity contribution in [2.75, 3.05) is 5.32 Å². The van der Waals surface area contributed by atoms with E-state index in [2.05, 4.69) is 10.6 Å². The van der Waals surface area contributed by atoms with Gasteiger partial charge in [-0.2, -0.15) is 0 Å². The summed E-state index contributed by atoms with van der Waals surface area (Å²) in [4.78, 5) is 41.4. The third-order valence-electron chi connectivity index (χ3n) is 6.59. The normalized spacial score (nSPS) is 33.0. The third kappa shape index (κ3) is 2.19. The van der Waals surface area contributed by atoms with Gasteiger partial charge in [-0.25, -0.2) is 0 Å². The van der Waals surface area contributed by atoms with E-state index >= 15 is 0 Å². The maximum atomic E-state index is 13.5. The zero-order valence-corrected chi connectivity index (χ0v) is 16.5. The molecule has 1 aromatic carbocycles. The molecule has 2 fully saturated rings. The van der Waals surface area contributed by atoms with Gasteiger partial charge < -0.3 is 5.32 Å². The van der Waals surface area contributed by atoms with Crippen LogP contribution in [0.4, 0.5) is 5.69 Å². The average Bonchev–Trinajstić information content (AvgIpc) is 3.20. The van der Waals surface area contributed by atoms with Gasteiger partial charge in [0.1, 0.15) is 5.54 Å². The van der Waals surface area contributed by atoms with Gasteiger partial charge in [0.05, 0.1) is 11.8 Å². The Morgan fingerprint density at radius 2 is 1.85 bits per heavy atom. The summed E-state index contributed by atoms with van der Waals surface area (Å²) in [6.45, 7) is 9.89. The molecule has 3 amide bonds. The Labute approximate surface area is 159 Å². The number of imide groups is 1. The first kappa shape index (κ1) is 18.2. The molecule has 1 aromatic rings. The molecular weight excluding hydrogens is 342 g/mol. The number of likely N-dealkylation sites (tertiary alicyclic amines) is 1. The smallest absolute Gasteiger partial charge is 0.250 e. The number of carbonyl (C=O) groups is 3. The monoisotopic (exact) mass is 369 g/mol. The Bertz CT molecular complexity index is 849. The highest BCUT2D eigenvalue weighted by atomic mass is 16.2. The van der Waals surface area contributed by atoms with Crippen molar-refractivity contribution in [3.8, 4) is 0 Å². The van der Waals surface area contributed by atoms with Crippen molar-refractivity contribution in [3.63, 3.8) is 0 Å². The number of aryl methyl sites for hydroxylation is 1. The predicted molar refractivity (Wildman–Crippen MR) is 102 cm³/mol. The minimum atomic E-state index is -1.17. The van der Waals surface area contributed by atoms with Crippen LogP contribution in [0.2, 0.25) is 0 Å². The number of nitrogens with zero attached hydrogens (tertiary/aromatic N) is 1. The van der Waals surface area contributed by atoms with Gasteiger partial charge in [-0.05, 0) is 32.3 Å². The van der Waals surface area contributed by atoms with Crippen LogP contribution in [0.1, 0.15) is 45.2 Å². The summed E-state index contributed by atoms with van der Waals surface area (Å²) in [6.07, 6.45) is 0.700. The van der Waals surface area contributed by atoms with Crippen LogP contribution >= 0.6 is 0 Å². The Morgan fingerprint density at radius 3 is 2.48 bits per heavy atom. The van der Waals surface area contributed by atoms with Gasteiger partial charge in [0, 0.05) is 23.3 Å². The number of fused-ring (bicyclic) bond motifs is 4. The lowest BCUT2D eigenvalue weighted by Gasteiger charge is -2.32. The molecule has 0 saturated carbocycles. The number of hydrogen-bond acceptors (Lipinski definition) is 4. The number of benzene rings is 1. The van der Waals surface area contributed by atoms with E-state index in [1.807, 2.05) is 52.8 Å². The maximum absolute atomic E-state index is 13.5. The van der Waals surface area contributed by atoms with Crippen molar-refractivity contribution in [2.45, 2.75) is 58.7 Å². The fraction of sp³-hybridized carbons (Fsp3) is 0.571. The molecular formula is C21H27N3O3. The van der Waals surface area contributed by atoms with Gasteiger partial charge >= 0.3 is 0 Å². The molecule has 6 heteroatoms. The molecule has 0 aromatic heterocycles. The molecule has 2 saturated heterocycles. The molecule has 2 N–H and O–H groups in total. The van der Waals surface area contributed by atoms with Crippen LogP contribution in [0.15, 0.2) is 18.2 Å². The van der Waals surface area contributed by atoms with E-state index in [0.717, 1.165) is 16.8 Å². The van der Waals surface area contributed by atoms with Gasteiger partial charge in [-0.1, -0.05) is 38.5 Å². The lowest BCUT2D eigenvalue weighted by molar-refractivity contribution is -0.145. The summed E-state index contributed by atoms with van der Waals surface area (Å²) in [5.41, 5.74) is 1.36. The van der Waals surface area contributed by atoms with Crippen LogP contribution in [-0.2, 0) is 19.9 Å². The molecule has 3 heterocycles. The highest BCUT2D eigenvalue weighted by Crippen LogP contribution is 2.54. The maximum Gasteiger partial charge on any atom is 0.250 e. The fourth-order valence-electron chi connectivity index (χ4n) is 5.06. The van der Waals surface area contributed by atoms with Gasteiger partial charge in [0.2, 0.25) is 17.7 Å². The first-order valence-corrected chi connectivity index (χ1v) is 9.81. The van der Waals surface area contributed by atoms with E-state index in [1.165, 1.54) is 4.90 Å². The molecule has 3 aliphatic rings. The number of rotatable bonds is 3. The first-order valence-electron chi connectivity index (χ1n) is 9.81. The number of anilines is 1. The quantitative estimate of drug-likeness (QED) is 0.801. The van der Waals surface area contributed by atoms with Gasteiger partial charge in [-0.15, -0.1) is 0 Å². The molecule has 144 valence electrons. The van der Waals surface area contributed by atoms with Crippen LogP contribution in [0.25, 0.3) is 0 Å². The Kier molecular flexibility index (Phi) is 3.97. The molecule has 0 unspecified atom stereocenters. The second-order valence-corrected chi connectivity index (χ2v) is 8.53. The van der Waals surface area contributed by atoms with Gasteiger partial charge in [0.25, 0.3) is 0 Å². The van der Waals surface area contributed by atoms with Gasteiger partial charge in [-0.3, -0.25) is 24.6 Å². The molecule has 0 radical (unpaired) electrons. The lowest BCUT2D eigenvalue weighted by atomic mass is 9.75. The van der Waals surface area contributed by atoms with Crippen molar-refractivity contribution in [3.05, 3.63) is 29.3 Å². The SMILES string of the molecule is CC[C@H](C)N1C(=O)[C@H]2[C@@H](C1=O)[C@@]1(N[C@H]2C(C)C)C(=O)Nc2ccc(C)cc21. The highest BCUT2D eigenvalue weighted by Gasteiger charge is 2.71. The second-order valence-electron chi connectivity index (χ2n) is 8.53. The fourth-order valence-corrected chi connectivity index (χ4v) is 5.06. The van der Waals surface area contributed by atoms with Crippen molar-refractivity contribution in [2.24, 2.45) is 17.8 Å². The molecule has 1 spiro atoms. The van der Waals surface area contributed by atoms with E-state index in [1.54, 1.807) is 0 Å². The molecule has 5 atom stereocenters. The number of hydrogen-bond donors (Lipinski definition) is 2. The van der Waals surface area contributed by atoms with Crippen LogP contribution in [0, 0.1) is 24.7 Å². The number of amides is 3. The standard InChI is InChI=1S/C21H27N3O3/c1-6-12(5)24-18(25)15-16(19(24)26)21(23-17(15)10(2)3)13-9-11(4)7-8-14(13)22-20(21)27/h7-10,12,15-17,23H,6H2,1-5H3,(H,22,27)/t12-,15-,16-,17-,21+/m0/s1. The van der Waals surface area contributed by atoms with Gasteiger partial charge in [0.15, 0.2) is 0 Å². The van der Waals surface area contributed by atoms with E-state index in [9.17, 15) is 14.4 Å².